The van der Waals surface area contributed by atoms with E-state index in [4.69, 9.17) is 21.6 Å². The van der Waals surface area contributed by atoms with Crippen LogP contribution in [0.5, 0.6) is 5.75 Å². The number of nitrogens with zero attached hydrogens (tertiary/aromatic N) is 2. The summed E-state index contributed by atoms with van der Waals surface area (Å²) in [5.41, 5.74) is 1.04. The molecule has 0 aliphatic heterocycles. The number of halogens is 1. The maximum Gasteiger partial charge on any atom is 0.243 e. The van der Waals surface area contributed by atoms with E-state index in [9.17, 15) is 8.42 Å². The van der Waals surface area contributed by atoms with Crippen LogP contribution in [-0.4, -0.2) is 25.9 Å². The van der Waals surface area contributed by atoms with E-state index in [1.165, 1.54) is 22.5 Å². The summed E-state index contributed by atoms with van der Waals surface area (Å²) in [6, 6.07) is 13.5. The summed E-state index contributed by atoms with van der Waals surface area (Å²) in [6.07, 6.45) is 1.68. The number of methoxy groups -OCH3 is 1. The molecular formula is C18H17ClN2O3S. The van der Waals surface area contributed by atoms with Crippen LogP contribution in [0.15, 0.2) is 47.4 Å². The van der Waals surface area contributed by atoms with Crippen LogP contribution in [-0.2, 0) is 16.6 Å². The molecule has 0 saturated heterocycles. The summed E-state index contributed by atoms with van der Waals surface area (Å²) in [7, 11) is -2.12. The first-order valence-corrected chi connectivity index (χ1v) is 9.62. The standard InChI is InChI=1S/C18H17ClN2O3S/c1-24-16-6-2-13(3-7-16)12-21(15-4-5-15)25(22,23)17-8-9-18(19)14(10-17)11-20/h2-3,6-10,15H,4-5,12H2,1H3. The highest BCUT2D eigenvalue weighted by atomic mass is 35.5. The summed E-state index contributed by atoms with van der Waals surface area (Å²) in [5.74, 6) is 0.723. The molecule has 5 nitrogen and oxygen atoms in total. The molecule has 0 aromatic heterocycles. The van der Waals surface area contributed by atoms with Crippen LogP contribution in [0, 0.1) is 11.3 Å². The van der Waals surface area contributed by atoms with Crippen LogP contribution in [0.2, 0.25) is 5.02 Å². The third kappa shape index (κ3) is 3.79. The van der Waals surface area contributed by atoms with Gasteiger partial charge in [0.2, 0.25) is 10.0 Å². The lowest BCUT2D eigenvalue weighted by molar-refractivity contribution is 0.397. The van der Waals surface area contributed by atoms with Crippen molar-refractivity contribution in [1.82, 2.24) is 4.31 Å². The van der Waals surface area contributed by atoms with Gasteiger partial charge >= 0.3 is 0 Å². The highest BCUT2D eigenvalue weighted by Gasteiger charge is 2.38. The molecule has 0 N–H and O–H groups in total. The van der Waals surface area contributed by atoms with Crippen molar-refractivity contribution in [1.29, 1.82) is 5.26 Å². The predicted octanol–water partition coefficient (Wildman–Crippen LogP) is 3.57. The monoisotopic (exact) mass is 376 g/mol. The van der Waals surface area contributed by atoms with E-state index in [1.54, 1.807) is 7.11 Å². The SMILES string of the molecule is COc1ccc(CN(C2CC2)S(=O)(=O)c2ccc(Cl)c(C#N)c2)cc1. The molecule has 25 heavy (non-hydrogen) atoms. The van der Waals surface area contributed by atoms with Gasteiger partial charge in [-0.25, -0.2) is 8.42 Å². The fourth-order valence-electron chi connectivity index (χ4n) is 2.57. The molecule has 0 spiro atoms. The van der Waals surface area contributed by atoms with Crippen molar-refractivity contribution in [2.75, 3.05) is 7.11 Å². The smallest absolute Gasteiger partial charge is 0.243 e. The van der Waals surface area contributed by atoms with Crippen LogP contribution in [0.4, 0.5) is 0 Å². The minimum absolute atomic E-state index is 0.00619. The first-order valence-electron chi connectivity index (χ1n) is 7.80. The zero-order chi connectivity index (χ0) is 18.0. The van der Waals surface area contributed by atoms with Gasteiger partial charge in [-0.3, -0.25) is 0 Å². The predicted molar refractivity (Wildman–Crippen MR) is 94.9 cm³/mol. The minimum atomic E-state index is -3.71. The van der Waals surface area contributed by atoms with Crippen LogP contribution in [0.3, 0.4) is 0 Å². The normalized spacial score (nSPS) is 14.3. The quantitative estimate of drug-likeness (QED) is 0.772. The average Bonchev–Trinajstić information content (AvgIpc) is 3.45. The summed E-state index contributed by atoms with van der Waals surface area (Å²) < 4.78 is 32.8. The van der Waals surface area contributed by atoms with Gasteiger partial charge in [-0.1, -0.05) is 23.7 Å². The van der Waals surface area contributed by atoms with Crippen LogP contribution >= 0.6 is 11.6 Å². The fraction of sp³-hybridized carbons (Fsp3) is 0.278. The molecule has 1 aliphatic carbocycles. The largest absolute Gasteiger partial charge is 0.497 e. The molecule has 2 aromatic carbocycles. The maximum absolute atomic E-state index is 13.1. The van der Waals surface area contributed by atoms with Gasteiger partial charge in [-0.05, 0) is 48.7 Å². The van der Waals surface area contributed by atoms with Crippen molar-refractivity contribution in [3.05, 3.63) is 58.6 Å². The van der Waals surface area contributed by atoms with Crippen LogP contribution < -0.4 is 4.74 Å². The summed E-state index contributed by atoms with van der Waals surface area (Å²) in [5, 5.41) is 9.34. The number of nitriles is 1. The third-order valence-corrected chi connectivity index (χ3v) is 6.34. The molecule has 7 heteroatoms. The Morgan fingerprint density at radius 2 is 1.92 bits per heavy atom. The van der Waals surface area contributed by atoms with Crippen LogP contribution in [0.25, 0.3) is 0 Å². The Morgan fingerprint density at radius 1 is 1.24 bits per heavy atom. The number of hydrogen-bond donors (Lipinski definition) is 0. The Hall–Kier alpha value is -2.07. The third-order valence-electron chi connectivity index (χ3n) is 4.12. The van der Waals surface area contributed by atoms with E-state index in [2.05, 4.69) is 0 Å². The molecule has 0 unspecified atom stereocenters. The minimum Gasteiger partial charge on any atom is -0.497 e. The molecular weight excluding hydrogens is 360 g/mol. The zero-order valence-corrected chi connectivity index (χ0v) is 15.2. The Kier molecular flexibility index (Phi) is 5.00. The molecule has 2 aromatic rings. The van der Waals surface area contributed by atoms with Gasteiger partial charge in [0.05, 0.1) is 22.6 Å². The number of rotatable bonds is 6. The van der Waals surface area contributed by atoms with E-state index < -0.39 is 10.0 Å². The van der Waals surface area contributed by atoms with E-state index in [-0.39, 0.29) is 28.1 Å². The van der Waals surface area contributed by atoms with Crippen molar-refractivity contribution in [2.24, 2.45) is 0 Å². The van der Waals surface area contributed by atoms with Crippen LogP contribution in [0.1, 0.15) is 24.0 Å². The second kappa shape index (κ2) is 7.04. The summed E-state index contributed by atoms with van der Waals surface area (Å²) in [4.78, 5) is 0.0915. The van der Waals surface area contributed by atoms with E-state index >= 15 is 0 Å². The Bertz CT molecular complexity index is 916. The lowest BCUT2D eigenvalue weighted by atomic mass is 10.2. The second-order valence-corrected chi connectivity index (χ2v) is 8.18. The van der Waals surface area contributed by atoms with E-state index in [1.807, 2.05) is 30.3 Å². The molecule has 1 fully saturated rings. The highest BCUT2D eigenvalue weighted by Crippen LogP contribution is 2.34. The molecule has 1 saturated carbocycles. The molecule has 1 aliphatic rings. The molecule has 130 valence electrons. The second-order valence-electron chi connectivity index (χ2n) is 5.88. The van der Waals surface area contributed by atoms with Gasteiger partial charge < -0.3 is 4.74 Å². The molecule has 0 atom stereocenters. The van der Waals surface area contributed by atoms with Crippen molar-refractivity contribution in [2.45, 2.75) is 30.3 Å². The van der Waals surface area contributed by atoms with E-state index in [0.29, 0.717) is 0 Å². The number of ether oxygens (including phenoxy) is 1. The Balaban J connectivity index is 1.92. The Labute approximate surface area is 152 Å². The molecule has 0 amide bonds. The van der Waals surface area contributed by atoms with Crippen molar-refractivity contribution in [3.63, 3.8) is 0 Å². The molecule has 3 rings (SSSR count). The van der Waals surface area contributed by atoms with Crippen molar-refractivity contribution >= 4 is 21.6 Å². The molecule has 0 bridgehead atoms. The van der Waals surface area contributed by atoms with Gasteiger partial charge in [0.1, 0.15) is 11.8 Å². The lowest BCUT2D eigenvalue weighted by Gasteiger charge is -2.22. The lowest BCUT2D eigenvalue weighted by Crippen LogP contribution is -2.32. The molecule has 0 heterocycles. The summed E-state index contributed by atoms with van der Waals surface area (Å²) in [6.45, 7) is 0.279. The number of hydrogen-bond acceptors (Lipinski definition) is 4. The highest BCUT2D eigenvalue weighted by molar-refractivity contribution is 7.89. The van der Waals surface area contributed by atoms with Crippen molar-refractivity contribution < 1.29 is 13.2 Å². The maximum atomic E-state index is 13.1. The van der Waals surface area contributed by atoms with E-state index in [0.717, 1.165) is 24.2 Å². The number of benzene rings is 2. The number of sulfonamides is 1. The van der Waals surface area contributed by atoms with Gasteiger partial charge in [-0.15, -0.1) is 0 Å². The van der Waals surface area contributed by atoms with Crippen molar-refractivity contribution in [3.8, 4) is 11.8 Å². The average molecular weight is 377 g/mol. The topological polar surface area (TPSA) is 70.4 Å². The Morgan fingerprint density at radius 3 is 2.48 bits per heavy atom. The van der Waals surface area contributed by atoms with Gasteiger partial charge in [0, 0.05) is 12.6 Å². The van der Waals surface area contributed by atoms with Gasteiger partial charge in [0.15, 0.2) is 0 Å². The zero-order valence-electron chi connectivity index (χ0n) is 13.6. The first-order chi connectivity index (χ1) is 12.0. The van der Waals surface area contributed by atoms with Gasteiger partial charge in [-0.2, -0.15) is 9.57 Å². The molecule has 0 radical (unpaired) electrons. The summed E-state index contributed by atoms with van der Waals surface area (Å²) >= 11 is 5.92. The van der Waals surface area contributed by atoms with Gasteiger partial charge in [0.25, 0.3) is 0 Å². The fourth-order valence-corrected chi connectivity index (χ4v) is 4.43. The first kappa shape index (κ1) is 17.7.